The lowest BCUT2D eigenvalue weighted by Gasteiger charge is -2.34. The molecule has 0 bridgehead atoms. The van der Waals surface area contributed by atoms with Crippen LogP contribution in [0, 0.1) is 5.92 Å². The van der Waals surface area contributed by atoms with Crippen LogP contribution in [0.2, 0.25) is 0 Å². The monoisotopic (exact) mass is 516 g/mol. The van der Waals surface area contributed by atoms with Gasteiger partial charge >= 0.3 is 0 Å². The number of rotatable bonds is 10. The first-order valence-electron chi connectivity index (χ1n) is 11.0. The number of aliphatic imine (C=N–C) groups is 1. The van der Waals surface area contributed by atoms with Crippen LogP contribution in [0.5, 0.6) is 0 Å². The van der Waals surface area contributed by atoms with Crippen LogP contribution in [0.25, 0.3) is 0 Å². The first-order chi connectivity index (χ1) is 13.6. The minimum absolute atomic E-state index is 0. The van der Waals surface area contributed by atoms with E-state index in [-0.39, 0.29) is 30.1 Å². The topological polar surface area (TPSA) is 48.9 Å². The minimum atomic E-state index is 0. The molecule has 1 fully saturated rings. The van der Waals surface area contributed by atoms with Crippen molar-refractivity contribution >= 4 is 29.9 Å². The lowest BCUT2D eigenvalue weighted by molar-refractivity contribution is 0.0646. The van der Waals surface area contributed by atoms with Crippen molar-refractivity contribution in [2.24, 2.45) is 10.9 Å². The molecule has 2 N–H and O–H groups in total. The summed E-state index contributed by atoms with van der Waals surface area (Å²) in [6.07, 6.45) is 3.68. The number of hydrogen-bond donors (Lipinski definition) is 2. The third kappa shape index (κ3) is 10.1. The number of nitrogens with zero attached hydrogens (tertiary/aromatic N) is 2. The maximum atomic E-state index is 5.95. The third-order valence-electron chi connectivity index (χ3n) is 5.38. The molecule has 29 heavy (non-hydrogen) atoms. The zero-order valence-electron chi connectivity index (χ0n) is 18.7. The molecule has 0 radical (unpaired) electrons. The molecule has 5 nitrogen and oxygen atoms in total. The average molecular weight is 517 g/mol. The summed E-state index contributed by atoms with van der Waals surface area (Å²) in [5, 5.41) is 6.82. The number of ether oxygens (including phenoxy) is 1. The van der Waals surface area contributed by atoms with Crippen LogP contribution in [-0.2, 0) is 4.74 Å². The van der Waals surface area contributed by atoms with Gasteiger partial charge in [0.2, 0.25) is 0 Å². The standard InChI is InChI=1S/C23H40N4O.HI/c1-5-24-23(26-17-21-11-9-15-27(18-21)19(2)3)25-14-10-16-28-20(4)22-12-7-6-8-13-22;/h6-8,12-13,19-21H,5,9-11,14-18H2,1-4H3,(H2,24,25,26);1H. The smallest absolute Gasteiger partial charge is 0.191 e. The van der Waals surface area contributed by atoms with Crippen molar-refractivity contribution in [1.82, 2.24) is 15.5 Å². The Hall–Kier alpha value is -0.860. The van der Waals surface area contributed by atoms with Gasteiger partial charge in [0, 0.05) is 38.8 Å². The molecule has 1 aliphatic rings. The molecule has 1 aromatic rings. The quantitative estimate of drug-likeness (QED) is 0.209. The molecule has 2 rings (SSSR count). The van der Waals surface area contributed by atoms with Crippen molar-refractivity contribution in [3.8, 4) is 0 Å². The fourth-order valence-electron chi connectivity index (χ4n) is 3.64. The first-order valence-corrected chi connectivity index (χ1v) is 11.0. The summed E-state index contributed by atoms with van der Waals surface area (Å²) in [6.45, 7) is 14.6. The second-order valence-electron chi connectivity index (χ2n) is 8.02. The van der Waals surface area contributed by atoms with Gasteiger partial charge in [-0.15, -0.1) is 24.0 Å². The number of benzene rings is 1. The Bertz CT molecular complexity index is 567. The summed E-state index contributed by atoms with van der Waals surface area (Å²) >= 11 is 0. The fourth-order valence-corrected chi connectivity index (χ4v) is 3.64. The fraction of sp³-hybridized carbons (Fsp3) is 0.696. The summed E-state index contributed by atoms with van der Waals surface area (Å²) in [4.78, 5) is 7.42. The van der Waals surface area contributed by atoms with Crippen molar-refractivity contribution in [2.45, 2.75) is 59.1 Å². The van der Waals surface area contributed by atoms with Gasteiger partial charge in [-0.1, -0.05) is 30.3 Å². The van der Waals surface area contributed by atoms with Crippen molar-refractivity contribution < 1.29 is 4.74 Å². The molecule has 0 amide bonds. The maximum absolute atomic E-state index is 5.95. The Labute approximate surface area is 195 Å². The number of halogens is 1. The predicted octanol–water partition coefficient (Wildman–Crippen LogP) is 4.45. The van der Waals surface area contributed by atoms with Crippen molar-refractivity contribution in [1.29, 1.82) is 0 Å². The number of likely N-dealkylation sites (tertiary alicyclic amines) is 1. The van der Waals surface area contributed by atoms with E-state index in [9.17, 15) is 0 Å². The largest absolute Gasteiger partial charge is 0.374 e. The van der Waals surface area contributed by atoms with E-state index >= 15 is 0 Å². The van der Waals surface area contributed by atoms with Crippen LogP contribution in [0.1, 0.15) is 58.6 Å². The Morgan fingerprint density at radius 3 is 2.66 bits per heavy atom. The van der Waals surface area contributed by atoms with Crippen LogP contribution in [-0.4, -0.2) is 56.2 Å². The van der Waals surface area contributed by atoms with Gasteiger partial charge in [0.25, 0.3) is 0 Å². The highest BCUT2D eigenvalue weighted by Gasteiger charge is 2.21. The summed E-state index contributed by atoms with van der Waals surface area (Å²) in [5.74, 6) is 1.60. The van der Waals surface area contributed by atoms with E-state index < -0.39 is 0 Å². The van der Waals surface area contributed by atoms with Gasteiger partial charge in [-0.25, -0.2) is 0 Å². The molecule has 166 valence electrons. The molecule has 6 heteroatoms. The van der Waals surface area contributed by atoms with Gasteiger partial charge in [-0.2, -0.15) is 0 Å². The Morgan fingerprint density at radius 2 is 1.97 bits per heavy atom. The molecule has 2 unspecified atom stereocenters. The molecule has 1 saturated heterocycles. The third-order valence-corrected chi connectivity index (χ3v) is 5.38. The molecular weight excluding hydrogens is 475 g/mol. The number of guanidine groups is 1. The van der Waals surface area contributed by atoms with Gasteiger partial charge < -0.3 is 20.3 Å². The van der Waals surface area contributed by atoms with Crippen molar-refractivity contribution in [3.05, 3.63) is 35.9 Å². The van der Waals surface area contributed by atoms with Crippen LogP contribution >= 0.6 is 24.0 Å². The number of hydrogen-bond acceptors (Lipinski definition) is 3. The van der Waals surface area contributed by atoms with Crippen LogP contribution in [0.15, 0.2) is 35.3 Å². The number of nitrogens with one attached hydrogen (secondary N) is 2. The second kappa shape index (κ2) is 15.0. The molecular formula is C23H41IN4O. The molecule has 1 aromatic carbocycles. The molecule has 0 aliphatic carbocycles. The Balaban J connectivity index is 0.00000420. The molecule has 1 aliphatic heterocycles. The van der Waals surface area contributed by atoms with Gasteiger partial charge in [0.1, 0.15) is 0 Å². The predicted molar refractivity (Wildman–Crippen MR) is 134 cm³/mol. The second-order valence-corrected chi connectivity index (χ2v) is 8.02. The highest BCUT2D eigenvalue weighted by atomic mass is 127. The zero-order valence-corrected chi connectivity index (χ0v) is 21.0. The highest BCUT2D eigenvalue weighted by Crippen LogP contribution is 2.18. The normalized spacial score (nSPS) is 18.9. The molecule has 1 heterocycles. The summed E-state index contributed by atoms with van der Waals surface area (Å²) in [7, 11) is 0. The average Bonchev–Trinajstić information content (AvgIpc) is 2.72. The molecule has 0 aromatic heterocycles. The Morgan fingerprint density at radius 1 is 1.21 bits per heavy atom. The lowest BCUT2D eigenvalue weighted by Crippen LogP contribution is -2.42. The van der Waals surface area contributed by atoms with E-state index in [4.69, 9.17) is 9.73 Å². The molecule has 2 atom stereocenters. The van der Waals surface area contributed by atoms with Crippen molar-refractivity contribution in [3.63, 3.8) is 0 Å². The molecule has 0 spiro atoms. The van der Waals surface area contributed by atoms with E-state index in [1.165, 1.54) is 31.5 Å². The molecule has 0 saturated carbocycles. The lowest BCUT2D eigenvalue weighted by atomic mass is 9.97. The zero-order chi connectivity index (χ0) is 20.2. The van der Waals surface area contributed by atoms with Gasteiger partial charge in [0.15, 0.2) is 5.96 Å². The van der Waals surface area contributed by atoms with E-state index in [1.807, 2.05) is 6.07 Å². The van der Waals surface area contributed by atoms with Gasteiger partial charge in [-0.3, -0.25) is 4.99 Å². The van der Waals surface area contributed by atoms with E-state index in [1.54, 1.807) is 0 Å². The van der Waals surface area contributed by atoms with Gasteiger partial charge in [-0.05, 0) is 65.0 Å². The van der Waals surface area contributed by atoms with Crippen LogP contribution in [0.3, 0.4) is 0 Å². The van der Waals surface area contributed by atoms with E-state index in [0.29, 0.717) is 12.0 Å². The Kier molecular flexibility index (Phi) is 13.6. The summed E-state index contributed by atoms with van der Waals surface area (Å²) < 4.78 is 5.95. The van der Waals surface area contributed by atoms with Crippen LogP contribution in [0.4, 0.5) is 0 Å². The van der Waals surface area contributed by atoms with Gasteiger partial charge in [0.05, 0.1) is 6.10 Å². The minimum Gasteiger partial charge on any atom is -0.374 e. The maximum Gasteiger partial charge on any atom is 0.191 e. The summed E-state index contributed by atoms with van der Waals surface area (Å²) in [6, 6.07) is 11.0. The first kappa shape index (κ1) is 26.2. The van der Waals surface area contributed by atoms with E-state index in [0.717, 1.165) is 38.6 Å². The number of piperidine rings is 1. The van der Waals surface area contributed by atoms with Crippen molar-refractivity contribution in [2.75, 3.05) is 39.3 Å². The SMILES string of the molecule is CCNC(=NCC1CCCN(C(C)C)C1)NCCCOC(C)c1ccccc1.I. The summed E-state index contributed by atoms with van der Waals surface area (Å²) in [5.41, 5.74) is 1.23. The highest BCUT2D eigenvalue weighted by molar-refractivity contribution is 14.0. The van der Waals surface area contributed by atoms with Crippen LogP contribution < -0.4 is 10.6 Å². The van der Waals surface area contributed by atoms with E-state index in [2.05, 4.69) is 67.5 Å².